The van der Waals surface area contributed by atoms with Gasteiger partial charge in [0.15, 0.2) is 0 Å². The molecule has 0 fully saturated rings. The molecule has 1 aliphatic rings. The molecule has 150 valence electrons. The molecule has 1 amide bonds. The number of pyridine rings is 1. The van der Waals surface area contributed by atoms with Crippen LogP contribution >= 0.6 is 43.6 Å². The molecule has 7 nitrogen and oxygen atoms in total. The van der Waals surface area contributed by atoms with E-state index in [0.717, 1.165) is 30.5 Å². The molecule has 0 saturated heterocycles. The summed E-state index contributed by atoms with van der Waals surface area (Å²) >= 11 is 7.70. The highest BCUT2D eigenvalue weighted by atomic mass is 79.9. The number of thioether (sulfide) groups is 1. The molecule has 2 aromatic rings. The molecule has 1 N–H and O–H groups in total. The summed E-state index contributed by atoms with van der Waals surface area (Å²) in [5, 5.41) is 23.7. The Hall–Kier alpha value is -1.96. The maximum absolute atomic E-state index is 12.4. The van der Waals surface area contributed by atoms with Crippen LogP contribution in [0.15, 0.2) is 32.2 Å². The van der Waals surface area contributed by atoms with E-state index in [9.17, 15) is 20.2 Å². The molecule has 0 radical (unpaired) electrons. The molecule has 1 aliphatic carbocycles. The normalized spacial score (nSPS) is 15.3. The van der Waals surface area contributed by atoms with Crippen molar-refractivity contribution >= 4 is 60.9 Å². The number of anilines is 1. The van der Waals surface area contributed by atoms with Crippen molar-refractivity contribution < 1.29 is 9.72 Å². The van der Waals surface area contributed by atoms with Crippen LogP contribution in [-0.4, -0.2) is 21.6 Å². The number of carbonyl (C=O) groups excluding carboxylic acids is 1. The van der Waals surface area contributed by atoms with Gasteiger partial charge in [-0.15, -0.1) is 0 Å². The SMILES string of the molecule is C[C@@H]1CCc2nc(SCC(=O)Nc3c(Br)cc([N+](=O)[O-])cc3Br)c(C#N)cc2C1. The summed E-state index contributed by atoms with van der Waals surface area (Å²) in [7, 11) is 0. The maximum Gasteiger partial charge on any atom is 0.271 e. The van der Waals surface area contributed by atoms with Gasteiger partial charge < -0.3 is 5.32 Å². The molecule has 0 aliphatic heterocycles. The molecule has 0 bridgehead atoms. The van der Waals surface area contributed by atoms with Crippen molar-refractivity contribution in [2.45, 2.75) is 31.2 Å². The zero-order valence-corrected chi connectivity index (χ0v) is 19.4. The summed E-state index contributed by atoms with van der Waals surface area (Å²) in [6.45, 7) is 2.19. The van der Waals surface area contributed by atoms with Crippen LogP contribution in [0, 0.1) is 27.4 Å². The van der Waals surface area contributed by atoms with Gasteiger partial charge in [0, 0.05) is 26.8 Å². The summed E-state index contributed by atoms with van der Waals surface area (Å²) in [5.41, 5.74) is 2.92. The summed E-state index contributed by atoms with van der Waals surface area (Å²) in [5.74, 6) is 0.341. The number of nitro groups is 1. The van der Waals surface area contributed by atoms with Gasteiger partial charge in [0.2, 0.25) is 5.91 Å². The number of hydrogen-bond donors (Lipinski definition) is 1. The topological polar surface area (TPSA) is 109 Å². The summed E-state index contributed by atoms with van der Waals surface area (Å²) in [6.07, 6.45) is 2.87. The zero-order valence-electron chi connectivity index (χ0n) is 15.4. The van der Waals surface area contributed by atoms with Gasteiger partial charge in [0.25, 0.3) is 5.69 Å². The van der Waals surface area contributed by atoms with Gasteiger partial charge in [-0.1, -0.05) is 18.7 Å². The number of amides is 1. The second-order valence-corrected chi connectivity index (χ2v) is 9.46. The third kappa shape index (κ3) is 5.15. The molecule has 3 rings (SSSR count). The number of nitro benzene ring substituents is 1. The predicted molar refractivity (Wildman–Crippen MR) is 118 cm³/mol. The molecular formula is C19H16Br2N4O3S. The number of aryl methyl sites for hydroxylation is 1. The van der Waals surface area contributed by atoms with Gasteiger partial charge in [-0.25, -0.2) is 4.98 Å². The summed E-state index contributed by atoms with van der Waals surface area (Å²) < 4.78 is 0.798. The van der Waals surface area contributed by atoms with Crippen molar-refractivity contribution in [1.29, 1.82) is 5.26 Å². The van der Waals surface area contributed by atoms with E-state index < -0.39 is 4.92 Å². The van der Waals surface area contributed by atoms with E-state index in [4.69, 9.17) is 0 Å². The van der Waals surface area contributed by atoms with Crippen molar-refractivity contribution in [3.8, 4) is 6.07 Å². The Morgan fingerprint density at radius 1 is 1.41 bits per heavy atom. The first kappa shape index (κ1) is 21.7. The molecule has 10 heteroatoms. The Morgan fingerprint density at radius 3 is 2.72 bits per heavy atom. The van der Waals surface area contributed by atoms with Crippen LogP contribution in [0.5, 0.6) is 0 Å². The minimum absolute atomic E-state index is 0.0622. The lowest BCUT2D eigenvalue weighted by atomic mass is 9.87. The van der Waals surface area contributed by atoms with Crippen molar-refractivity contribution in [1.82, 2.24) is 4.98 Å². The molecule has 1 atom stereocenters. The Balaban J connectivity index is 1.72. The summed E-state index contributed by atoms with van der Waals surface area (Å²) in [6, 6.07) is 6.72. The van der Waals surface area contributed by atoms with E-state index in [1.54, 1.807) is 0 Å². The molecule has 29 heavy (non-hydrogen) atoms. The van der Waals surface area contributed by atoms with Gasteiger partial charge in [0.05, 0.1) is 21.9 Å². The second kappa shape index (κ2) is 9.24. The minimum atomic E-state index is -0.511. The van der Waals surface area contributed by atoms with E-state index in [0.29, 0.717) is 31.1 Å². The van der Waals surface area contributed by atoms with Crippen LogP contribution in [0.4, 0.5) is 11.4 Å². The Bertz CT molecular complexity index is 1020. The largest absolute Gasteiger partial charge is 0.323 e. The van der Waals surface area contributed by atoms with Crippen LogP contribution in [-0.2, 0) is 17.6 Å². The molecule has 0 unspecified atom stereocenters. The fourth-order valence-corrected chi connectivity index (χ4v) is 5.25. The number of carbonyl (C=O) groups is 1. The molecule has 0 saturated carbocycles. The first-order valence-corrected chi connectivity index (χ1v) is 11.3. The van der Waals surface area contributed by atoms with E-state index in [-0.39, 0.29) is 17.3 Å². The fraction of sp³-hybridized carbons (Fsp3) is 0.316. The van der Waals surface area contributed by atoms with Gasteiger partial charge in [-0.05, 0) is 68.7 Å². The first-order valence-electron chi connectivity index (χ1n) is 8.77. The number of non-ortho nitro benzene ring substituents is 1. The Morgan fingerprint density at radius 2 is 2.10 bits per heavy atom. The number of benzene rings is 1. The predicted octanol–water partition coefficient (Wildman–Crippen LogP) is 5.24. The first-order chi connectivity index (χ1) is 13.8. The molecular weight excluding hydrogens is 524 g/mol. The number of aromatic nitrogens is 1. The highest BCUT2D eigenvalue weighted by Crippen LogP contribution is 2.35. The third-order valence-electron chi connectivity index (χ3n) is 4.56. The number of nitrogens with one attached hydrogen (secondary N) is 1. The number of rotatable bonds is 5. The van der Waals surface area contributed by atoms with E-state index in [1.165, 1.54) is 23.9 Å². The van der Waals surface area contributed by atoms with Crippen molar-refractivity contribution in [2.24, 2.45) is 5.92 Å². The quantitative estimate of drug-likeness (QED) is 0.316. The standard InChI is InChI=1S/C19H16Br2N4O3S/c1-10-2-3-16-11(4-10)5-12(8-22)19(23-16)29-9-17(26)24-18-14(20)6-13(25(27)28)7-15(18)21/h5-7,10H,2-4,9H2,1H3,(H,24,26)/t10-/m1/s1. The van der Waals surface area contributed by atoms with Crippen LogP contribution in [0.2, 0.25) is 0 Å². The number of nitriles is 1. The van der Waals surface area contributed by atoms with E-state index in [2.05, 4.69) is 55.2 Å². The van der Waals surface area contributed by atoms with Gasteiger partial charge >= 0.3 is 0 Å². The molecule has 0 spiro atoms. The van der Waals surface area contributed by atoms with Crippen LogP contribution in [0.1, 0.15) is 30.2 Å². The number of nitrogens with zero attached hydrogens (tertiary/aromatic N) is 3. The average molecular weight is 540 g/mol. The van der Waals surface area contributed by atoms with Gasteiger partial charge in [-0.3, -0.25) is 14.9 Å². The van der Waals surface area contributed by atoms with Crippen LogP contribution in [0.3, 0.4) is 0 Å². The monoisotopic (exact) mass is 538 g/mol. The molecule has 1 heterocycles. The van der Waals surface area contributed by atoms with Crippen molar-refractivity contribution in [2.75, 3.05) is 11.1 Å². The Kier molecular flexibility index (Phi) is 6.93. The lowest BCUT2D eigenvalue weighted by molar-refractivity contribution is -0.385. The number of halogens is 2. The minimum Gasteiger partial charge on any atom is -0.323 e. The van der Waals surface area contributed by atoms with Gasteiger partial charge in [0.1, 0.15) is 11.1 Å². The highest BCUT2D eigenvalue weighted by molar-refractivity contribution is 9.11. The third-order valence-corrected chi connectivity index (χ3v) is 6.80. The fourth-order valence-electron chi connectivity index (χ4n) is 3.11. The smallest absolute Gasteiger partial charge is 0.271 e. The van der Waals surface area contributed by atoms with Crippen LogP contribution < -0.4 is 5.32 Å². The van der Waals surface area contributed by atoms with E-state index in [1.807, 2.05) is 6.07 Å². The Labute approximate surface area is 188 Å². The molecule has 1 aromatic heterocycles. The lowest BCUT2D eigenvalue weighted by Crippen LogP contribution is -2.16. The van der Waals surface area contributed by atoms with Crippen LogP contribution in [0.25, 0.3) is 0 Å². The molecule has 1 aromatic carbocycles. The summed E-state index contributed by atoms with van der Waals surface area (Å²) in [4.78, 5) is 27.5. The number of hydrogen-bond acceptors (Lipinski definition) is 6. The van der Waals surface area contributed by atoms with Gasteiger partial charge in [-0.2, -0.15) is 5.26 Å². The number of fused-ring (bicyclic) bond motifs is 1. The maximum atomic E-state index is 12.4. The lowest BCUT2D eigenvalue weighted by Gasteiger charge is -2.21. The highest BCUT2D eigenvalue weighted by Gasteiger charge is 2.20. The second-order valence-electron chi connectivity index (χ2n) is 6.79. The average Bonchev–Trinajstić information content (AvgIpc) is 2.68. The zero-order chi connectivity index (χ0) is 21.1. The van der Waals surface area contributed by atoms with Crippen molar-refractivity contribution in [3.63, 3.8) is 0 Å². The van der Waals surface area contributed by atoms with E-state index >= 15 is 0 Å². The van der Waals surface area contributed by atoms with Crippen molar-refractivity contribution in [3.05, 3.63) is 54.1 Å².